The molecule has 0 saturated carbocycles. The maximum atomic E-state index is 10.7. The standard InChI is InChI=1S/C9H10O4.C9H10O2/c1-12-6-3-4-7(9(10)11)8(5-6)13-2;1-6-3-4-8(9(10)11)7(2)5-6/h3-5H,1-2H3,(H,10,11);3-5H,1-2H3,(H,10,11). The van der Waals surface area contributed by atoms with Crippen molar-refractivity contribution < 1.29 is 29.3 Å². The van der Waals surface area contributed by atoms with Crippen molar-refractivity contribution in [3.05, 3.63) is 58.7 Å². The third kappa shape index (κ3) is 5.01. The molecule has 0 amide bonds. The van der Waals surface area contributed by atoms with Crippen LogP contribution in [0, 0.1) is 13.8 Å². The monoisotopic (exact) mass is 332 g/mol. The van der Waals surface area contributed by atoms with Crippen LogP contribution < -0.4 is 9.47 Å². The van der Waals surface area contributed by atoms with E-state index in [9.17, 15) is 9.59 Å². The molecule has 0 spiro atoms. The molecule has 0 aliphatic heterocycles. The van der Waals surface area contributed by atoms with Crippen LogP contribution in [0.15, 0.2) is 36.4 Å². The maximum Gasteiger partial charge on any atom is 0.339 e. The molecule has 0 fully saturated rings. The van der Waals surface area contributed by atoms with Crippen molar-refractivity contribution in [1.29, 1.82) is 0 Å². The van der Waals surface area contributed by atoms with Gasteiger partial charge in [-0.1, -0.05) is 17.7 Å². The molecule has 0 heterocycles. The molecule has 0 atom stereocenters. The Balaban J connectivity index is 0.000000243. The molecule has 0 bridgehead atoms. The predicted molar refractivity (Wildman–Crippen MR) is 89.4 cm³/mol. The summed E-state index contributed by atoms with van der Waals surface area (Å²) in [6.07, 6.45) is 0. The van der Waals surface area contributed by atoms with Crippen LogP contribution in [-0.4, -0.2) is 36.4 Å². The van der Waals surface area contributed by atoms with Gasteiger partial charge in [0.2, 0.25) is 0 Å². The lowest BCUT2D eigenvalue weighted by Crippen LogP contribution is -2.00. The molecule has 0 radical (unpaired) electrons. The van der Waals surface area contributed by atoms with E-state index in [2.05, 4.69) is 0 Å². The first-order valence-corrected chi connectivity index (χ1v) is 7.06. The van der Waals surface area contributed by atoms with Gasteiger partial charge in [0.05, 0.1) is 19.8 Å². The van der Waals surface area contributed by atoms with Gasteiger partial charge in [-0.15, -0.1) is 0 Å². The fourth-order valence-corrected chi connectivity index (χ4v) is 2.03. The fraction of sp³-hybridized carbons (Fsp3) is 0.222. The van der Waals surface area contributed by atoms with Crippen molar-refractivity contribution in [2.24, 2.45) is 0 Å². The van der Waals surface area contributed by atoms with Gasteiger partial charge in [0.25, 0.3) is 0 Å². The van der Waals surface area contributed by atoms with Crippen LogP contribution >= 0.6 is 0 Å². The first kappa shape index (κ1) is 19.0. The summed E-state index contributed by atoms with van der Waals surface area (Å²) in [5.74, 6) is -1.00. The number of ether oxygens (including phenoxy) is 2. The summed E-state index contributed by atoms with van der Waals surface area (Å²) < 4.78 is 9.81. The second-order valence-electron chi connectivity index (χ2n) is 4.99. The highest BCUT2D eigenvalue weighted by molar-refractivity contribution is 5.91. The maximum absolute atomic E-state index is 10.7. The largest absolute Gasteiger partial charge is 0.497 e. The Labute approximate surface area is 140 Å². The average molecular weight is 332 g/mol. The van der Waals surface area contributed by atoms with Crippen molar-refractivity contribution in [3.63, 3.8) is 0 Å². The zero-order valence-electron chi connectivity index (χ0n) is 14.0. The number of hydrogen-bond acceptors (Lipinski definition) is 4. The van der Waals surface area contributed by atoms with E-state index < -0.39 is 11.9 Å². The molecule has 2 aromatic rings. The lowest BCUT2D eigenvalue weighted by Gasteiger charge is -2.06. The van der Waals surface area contributed by atoms with E-state index in [1.807, 2.05) is 13.0 Å². The van der Waals surface area contributed by atoms with Crippen molar-refractivity contribution in [1.82, 2.24) is 0 Å². The van der Waals surface area contributed by atoms with Gasteiger partial charge in [-0.2, -0.15) is 0 Å². The minimum atomic E-state index is -1.01. The minimum absolute atomic E-state index is 0.128. The Morgan fingerprint density at radius 3 is 1.88 bits per heavy atom. The molecule has 6 nitrogen and oxygen atoms in total. The lowest BCUT2D eigenvalue weighted by molar-refractivity contribution is 0.0683. The van der Waals surface area contributed by atoms with Crippen molar-refractivity contribution in [2.45, 2.75) is 13.8 Å². The van der Waals surface area contributed by atoms with E-state index in [-0.39, 0.29) is 5.56 Å². The molecule has 2 N–H and O–H groups in total. The molecule has 6 heteroatoms. The Morgan fingerprint density at radius 2 is 1.42 bits per heavy atom. The highest BCUT2D eigenvalue weighted by Gasteiger charge is 2.10. The summed E-state index contributed by atoms with van der Waals surface area (Å²) in [5, 5.41) is 17.4. The summed E-state index contributed by atoms with van der Waals surface area (Å²) in [4.78, 5) is 21.2. The molecule has 2 aromatic carbocycles. The van der Waals surface area contributed by atoms with Crippen molar-refractivity contribution in [2.75, 3.05) is 14.2 Å². The number of methoxy groups -OCH3 is 2. The van der Waals surface area contributed by atoms with Crippen molar-refractivity contribution >= 4 is 11.9 Å². The normalized spacial score (nSPS) is 9.50. The number of benzene rings is 2. The van der Waals surface area contributed by atoms with Gasteiger partial charge in [-0.25, -0.2) is 9.59 Å². The zero-order chi connectivity index (χ0) is 18.3. The highest BCUT2D eigenvalue weighted by Crippen LogP contribution is 2.24. The Morgan fingerprint density at radius 1 is 0.833 bits per heavy atom. The van der Waals surface area contributed by atoms with Crippen molar-refractivity contribution in [3.8, 4) is 11.5 Å². The van der Waals surface area contributed by atoms with Crippen LogP contribution in [0.5, 0.6) is 11.5 Å². The van der Waals surface area contributed by atoms with Crippen LogP contribution in [0.25, 0.3) is 0 Å². The number of hydrogen-bond donors (Lipinski definition) is 2. The molecule has 0 aliphatic rings. The van der Waals surface area contributed by atoms with Gasteiger partial charge in [0.15, 0.2) is 0 Å². The van der Waals surface area contributed by atoms with E-state index in [1.54, 1.807) is 25.1 Å². The molecule has 128 valence electrons. The topological polar surface area (TPSA) is 93.1 Å². The average Bonchev–Trinajstić information content (AvgIpc) is 2.54. The second kappa shape index (κ2) is 8.57. The third-order valence-corrected chi connectivity index (χ3v) is 3.25. The second-order valence-corrected chi connectivity index (χ2v) is 4.99. The first-order chi connectivity index (χ1) is 11.3. The van der Waals surface area contributed by atoms with Crippen LogP contribution in [0.1, 0.15) is 31.8 Å². The number of carboxylic acid groups (broad SMARTS) is 2. The zero-order valence-corrected chi connectivity index (χ0v) is 14.0. The fourth-order valence-electron chi connectivity index (χ4n) is 2.03. The molecule has 0 aromatic heterocycles. The molecule has 0 aliphatic carbocycles. The Kier molecular flexibility index (Phi) is 6.79. The Bertz CT molecular complexity index is 736. The SMILES string of the molecule is COc1ccc(C(=O)O)c(OC)c1.Cc1ccc(C(=O)O)c(C)c1. The number of carbonyl (C=O) groups is 2. The van der Waals surface area contributed by atoms with Crippen LogP contribution in [-0.2, 0) is 0 Å². The van der Waals surface area contributed by atoms with Gasteiger partial charge in [-0.05, 0) is 37.6 Å². The van der Waals surface area contributed by atoms with Gasteiger partial charge < -0.3 is 19.7 Å². The van der Waals surface area contributed by atoms with Gasteiger partial charge in [-0.3, -0.25) is 0 Å². The van der Waals surface area contributed by atoms with Gasteiger partial charge >= 0.3 is 11.9 Å². The summed E-state index contributed by atoms with van der Waals surface area (Å²) in [5.41, 5.74) is 2.42. The van der Waals surface area contributed by atoms with Crippen LogP contribution in [0.4, 0.5) is 0 Å². The Hall–Kier alpha value is -3.02. The lowest BCUT2D eigenvalue weighted by atomic mass is 10.1. The number of aromatic carboxylic acids is 2. The summed E-state index contributed by atoms with van der Waals surface area (Å²) in [6, 6.07) is 9.85. The van der Waals surface area contributed by atoms with Gasteiger partial charge in [0.1, 0.15) is 17.1 Å². The summed E-state index contributed by atoms with van der Waals surface area (Å²) in [7, 11) is 2.93. The molecule has 0 saturated heterocycles. The quantitative estimate of drug-likeness (QED) is 0.891. The first-order valence-electron chi connectivity index (χ1n) is 7.06. The van der Waals surface area contributed by atoms with E-state index in [0.29, 0.717) is 17.1 Å². The number of aryl methyl sites for hydroxylation is 2. The molecule has 0 unspecified atom stereocenters. The molecular weight excluding hydrogens is 312 g/mol. The van der Waals surface area contributed by atoms with Crippen LogP contribution in [0.3, 0.4) is 0 Å². The van der Waals surface area contributed by atoms with E-state index in [4.69, 9.17) is 19.7 Å². The molecular formula is C18H20O6. The van der Waals surface area contributed by atoms with E-state index >= 15 is 0 Å². The third-order valence-electron chi connectivity index (χ3n) is 3.25. The smallest absolute Gasteiger partial charge is 0.339 e. The highest BCUT2D eigenvalue weighted by atomic mass is 16.5. The predicted octanol–water partition coefficient (Wildman–Crippen LogP) is 3.40. The van der Waals surface area contributed by atoms with E-state index in [0.717, 1.165) is 11.1 Å². The minimum Gasteiger partial charge on any atom is -0.497 e. The van der Waals surface area contributed by atoms with Gasteiger partial charge in [0, 0.05) is 6.07 Å². The summed E-state index contributed by atoms with van der Waals surface area (Å²) in [6.45, 7) is 3.75. The number of rotatable bonds is 4. The number of carboxylic acids is 2. The van der Waals surface area contributed by atoms with E-state index in [1.165, 1.54) is 26.4 Å². The van der Waals surface area contributed by atoms with Crippen LogP contribution in [0.2, 0.25) is 0 Å². The summed E-state index contributed by atoms with van der Waals surface area (Å²) >= 11 is 0. The molecule has 24 heavy (non-hydrogen) atoms. The molecule has 2 rings (SSSR count).